The maximum absolute atomic E-state index is 8.64. The van der Waals surface area contributed by atoms with Gasteiger partial charge in [0.1, 0.15) is 0 Å². The van der Waals surface area contributed by atoms with Crippen molar-refractivity contribution in [2.45, 2.75) is 91.4 Å². The predicted octanol–water partition coefficient (Wildman–Crippen LogP) is 5.85. The molecule has 0 fully saturated rings. The van der Waals surface area contributed by atoms with Crippen molar-refractivity contribution in [3.8, 4) is 6.07 Å². The Bertz CT molecular complexity index is 204. The van der Waals surface area contributed by atoms with Crippen molar-refractivity contribution in [1.29, 1.82) is 5.26 Å². The van der Waals surface area contributed by atoms with E-state index in [-0.39, 0.29) is 0 Å². The molecule has 1 unspecified atom stereocenters. The molecule has 0 N–H and O–H groups in total. The molecule has 0 spiro atoms. The van der Waals surface area contributed by atoms with Crippen molar-refractivity contribution >= 4 is 0 Å². The number of nitrogens with zero attached hydrogens (tertiary/aromatic N) is 1. The van der Waals surface area contributed by atoms with Crippen LogP contribution in [0.1, 0.15) is 91.4 Å². The lowest BCUT2D eigenvalue weighted by atomic mass is 9.76. The van der Waals surface area contributed by atoms with E-state index in [9.17, 15) is 0 Å². The van der Waals surface area contributed by atoms with Crippen LogP contribution in [0.15, 0.2) is 0 Å². The molecule has 0 amide bonds. The van der Waals surface area contributed by atoms with Crippen LogP contribution in [-0.4, -0.2) is 0 Å². The Morgan fingerprint density at radius 2 is 1.41 bits per heavy atom. The minimum atomic E-state index is 0.501. The molecule has 0 aliphatic rings. The van der Waals surface area contributed by atoms with Gasteiger partial charge in [0.2, 0.25) is 0 Å². The Morgan fingerprint density at radius 3 is 2.00 bits per heavy atom. The molecule has 0 saturated carbocycles. The summed E-state index contributed by atoms with van der Waals surface area (Å²) in [6.07, 6.45) is 13.9. The Labute approximate surface area is 109 Å². The number of unbranched alkanes of at least 4 members (excludes halogenated alkanes) is 5. The third-order valence-corrected chi connectivity index (χ3v) is 3.84. The lowest BCUT2D eigenvalue weighted by Gasteiger charge is -2.29. The lowest BCUT2D eigenvalue weighted by molar-refractivity contribution is 0.228. The Hall–Kier alpha value is -0.510. The van der Waals surface area contributed by atoms with E-state index in [0.29, 0.717) is 5.41 Å². The van der Waals surface area contributed by atoms with E-state index >= 15 is 0 Å². The maximum atomic E-state index is 8.64. The van der Waals surface area contributed by atoms with E-state index in [1.807, 2.05) is 0 Å². The van der Waals surface area contributed by atoms with Crippen molar-refractivity contribution in [2.75, 3.05) is 0 Å². The number of hydrogen-bond donors (Lipinski definition) is 0. The van der Waals surface area contributed by atoms with Crippen molar-refractivity contribution in [3.05, 3.63) is 0 Å². The summed E-state index contributed by atoms with van der Waals surface area (Å²) in [6, 6.07) is 2.27. The van der Waals surface area contributed by atoms with E-state index in [2.05, 4.69) is 26.8 Å². The van der Waals surface area contributed by atoms with Crippen LogP contribution >= 0.6 is 0 Å². The van der Waals surface area contributed by atoms with E-state index < -0.39 is 0 Å². The Balaban J connectivity index is 3.95. The first-order chi connectivity index (χ1) is 8.18. The van der Waals surface area contributed by atoms with Gasteiger partial charge in [0, 0.05) is 6.42 Å². The minimum Gasteiger partial charge on any atom is -0.198 e. The lowest BCUT2D eigenvalue weighted by Crippen LogP contribution is -2.16. The van der Waals surface area contributed by atoms with Crippen molar-refractivity contribution in [1.82, 2.24) is 0 Å². The van der Waals surface area contributed by atoms with Crippen LogP contribution in [0.3, 0.4) is 0 Å². The molecule has 17 heavy (non-hydrogen) atoms. The van der Waals surface area contributed by atoms with E-state index in [0.717, 1.165) is 12.8 Å². The van der Waals surface area contributed by atoms with Gasteiger partial charge in [-0.05, 0) is 31.1 Å². The molecule has 0 aromatic heterocycles. The molecular weight excluding hydrogens is 206 g/mol. The maximum Gasteiger partial charge on any atom is 0.0621 e. The highest BCUT2D eigenvalue weighted by Gasteiger charge is 2.22. The summed E-state index contributed by atoms with van der Waals surface area (Å²) in [5, 5.41) is 8.64. The number of nitriles is 1. The molecular formula is C16H31N. The van der Waals surface area contributed by atoms with E-state index in [1.165, 1.54) is 57.8 Å². The smallest absolute Gasteiger partial charge is 0.0621 e. The molecule has 0 bridgehead atoms. The highest BCUT2D eigenvalue weighted by atomic mass is 14.3. The van der Waals surface area contributed by atoms with Gasteiger partial charge in [-0.15, -0.1) is 0 Å². The minimum absolute atomic E-state index is 0.501. The summed E-state index contributed by atoms with van der Waals surface area (Å²) in [5.74, 6) is 0. The zero-order valence-electron chi connectivity index (χ0n) is 12.2. The largest absolute Gasteiger partial charge is 0.198 e. The van der Waals surface area contributed by atoms with Gasteiger partial charge in [0.15, 0.2) is 0 Å². The van der Waals surface area contributed by atoms with Gasteiger partial charge in [-0.1, -0.05) is 59.3 Å². The van der Waals surface area contributed by atoms with Crippen molar-refractivity contribution in [2.24, 2.45) is 5.41 Å². The Morgan fingerprint density at radius 1 is 0.824 bits per heavy atom. The molecule has 0 aliphatic heterocycles. The fourth-order valence-corrected chi connectivity index (χ4v) is 2.55. The standard InChI is InChI=1S/C16H31N/c1-4-6-8-9-13-16(3,12-7-5-2)14-10-11-15-17/h4-14H2,1-3H3. The molecule has 0 heterocycles. The highest BCUT2D eigenvalue weighted by molar-refractivity contribution is 4.77. The first-order valence-electron chi connectivity index (χ1n) is 7.55. The van der Waals surface area contributed by atoms with Crippen LogP contribution in [0, 0.1) is 16.7 Å². The number of hydrogen-bond acceptors (Lipinski definition) is 1. The molecule has 0 aromatic carbocycles. The molecule has 1 nitrogen and oxygen atoms in total. The van der Waals surface area contributed by atoms with Gasteiger partial charge in [0.05, 0.1) is 6.07 Å². The topological polar surface area (TPSA) is 23.8 Å². The Kier molecular flexibility index (Phi) is 10.3. The molecule has 0 rings (SSSR count). The zero-order chi connectivity index (χ0) is 13.0. The van der Waals surface area contributed by atoms with E-state index in [1.54, 1.807) is 0 Å². The van der Waals surface area contributed by atoms with Crippen LogP contribution in [-0.2, 0) is 0 Å². The fourth-order valence-electron chi connectivity index (χ4n) is 2.55. The molecule has 0 saturated heterocycles. The van der Waals surface area contributed by atoms with Gasteiger partial charge in [-0.3, -0.25) is 0 Å². The molecule has 1 atom stereocenters. The molecule has 0 aliphatic carbocycles. The second-order valence-electron chi connectivity index (χ2n) is 5.74. The van der Waals surface area contributed by atoms with E-state index in [4.69, 9.17) is 5.26 Å². The van der Waals surface area contributed by atoms with Gasteiger partial charge in [0.25, 0.3) is 0 Å². The highest BCUT2D eigenvalue weighted by Crippen LogP contribution is 2.36. The van der Waals surface area contributed by atoms with Crippen LogP contribution in [0.25, 0.3) is 0 Å². The summed E-state index contributed by atoms with van der Waals surface area (Å²) in [5.41, 5.74) is 0.501. The summed E-state index contributed by atoms with van der Waals surface area (Å²) in [6.45, 7) is 6.97. The third kappa shape index (κ3) is 9.22. The fraction of sp³-hybridized carbons (Fsp3) is 0.938. The predicted molar refractivity (Wildman–Crippen MR) is 75.9 cm³/mol. The number of rotatable bonds is 11. The second-order valence-corrected chi connectivity index (χ2v) is 5.74. The van der Waals surface area contributed by atoms with Crippen LogP contribution in [0.5, 0.6) is 0 Å². The van der Waals surface area contributed by atoms with Crippen LogP contribution < -0.4 is 0 Å². The summed E-state index contributed by atoms with van der Waals surface area (Å²) < 4.78 is 0. The quantitative estimate of drug-likeness (QED) is 0.414. The van der Waals surface area contributed by atoms with Crippen molar-refractivity contribution in [3.63, 3.8) is 0 Å². The average Bonchev–Trinajstić information content (AvgIpc) is 2.33. The molecule has 0 aromatic rings. The molecule has 1 heteroatoms. The van der Waals surface area contributed by atoms with Crippen molar-refractivity contribution < 1.29 is 0 Å². The first kappa shape index (κ1) is 16.5. The molecule has 0 radical (unpaired) electrons. The molecule has 100 valence electrons. The summed E-state index contributed by atoms with van der Waals surface area (Å²) in [7, 11) is 0. The van der Waals surface area contributed by atoms with Gasteiger partial charge >= 0.3 is 0 Å². The SMILES string of the molecule is CCCCCCC(C)(CCCC)CCCC#N. The normalized spacial score (nSPS) is 14.2. The van der Waals surface area contributed by atoms with Crippen LogP contribution in [0.4, 0.5) is 0 Å². The zero-order valence-corrected chi connectivity index (χ0v) is 12.2. The van der Waals surface area contributed by atoms with Gasteiger partial charge in [-0.2, -0.15) is 5.26 Å². The first-order valence-corrected chi connectivity index (χ1v) is 7.55. The monoisotopic (exact) mass is 237 g/mol. The van der Waals surface area contributed by atoms with Gasteiger partial charge in [-0.25, -0.2) is 0 Å². The second kappa shape index (κ2) is 10.6. The van der Waals surface area contributed by atoms with Gasteiger partial charge < -0.3 is 0 Å². The average molecular weight is 237 g/mol. The summed E-state index contributed by atoms with van der Waals surface area (Å²) in [4.78, 5) is 0. The van der Waals surface area contributed by atoms with Crippen LogP contribution in [0.2, 0.25) is 0 Å². The summed E-state index contributed by atoms with van der Waals surface area (Å²) >= 11 is 0. The third-order valence-electron chi connectivity index (χ3n) is 3.84.